The molecule has 0 atom stereocenters. The lowest BCUT2D eigenvalue weighted by molar-refractivity contribution is -0.115. The number of hydrogen-bond donors (Lipinski definition) is 0. The number of alkyl halides is 2. The van der Waals surface area contributed by atoms with Gasteiger partial charge >= 0.3 is 5.97 Å². The molecule has 0 aliphatic heterocycles. The number of rotatable bonds is 5. The Bertz CT molecular complexity index is 430. The van der Waals surface area contributed by atoms with Crippen molar-refractivity contribution in [2.24, 2.45) is 0 Å². The third-order valence-electron chi connectivity index (χ3n) is 2.27. The zero-order valence-electron chi connectivity index (χ0n) is 9.33. The van der Waals surface area contributed by atoms with Gasteiger partial charge in [-0.3, -0.25) is 4.79 Å². The van der Waals surface area contributed by atoms with Crippen molar-refractivity contribution in [2.75, 3.05) is 12.4 Å². The average molecular weight is 364 g/mol. The standard InChI is InChI=1S/C12H12Br2O3/c1-17-12(16)11-5-8(4-10(15)7-14)2-3-9(11)6-13/h2-3,5H,4,6-7H2,1H3. The minimum atomic E-state index is -0.382. The van der Waals surface area contributed by atoms with Gasteiger partial charge in [0.05, 0.1) is 18.0 Å². The largest absolute Gasteiger partial charge is 0.465 e. The number of carbonyl (C=O) groups excluding carboxylic acids is 2. The first-order chi connectivity index (χ1) is 8.12. The summed E-state index contributed by atoms with van der Waals surface area (Å²) in [6, 6.07) is 5.39. The molecule has 0 spiro atoms. The SMILES string of the molecule is COC(=O)c1cc(CC(=O)CBr)ccc1CBr. The molecule has 0 fully saturated rings. The maximum absolute atomic E-state index is 11.6. The summed E-state index contributed by atoms with van der Waals surface area (Å²) < 4.78 is 4.71. The second-order valence-electron chi connectivity index (χ2n) is 3.47. The third kappa shape index (κ3) is 3.92. The predicted molar refractivity (Wildman–Crippen MR) is 72.9 cm³/mol. The number of methoxy groups -OCH3 is 1. The van der Waals surface area contributed by atoms with Crippen LogP contribution >= 0.6 is 31.9 Å². The molecule has 0 radical (unpaired) electrons. The van der Waals surface area contributed by atoms with Gasteiger partial charge in [0.1, 0.15) is 5.78 Å². The Kier molecular flexibility index (Phi) is 5.85. The lowest BCUT2D eigenvalue weighted by atomic mass is 10.0. The zero-order valence-corrected chi connectivity index (χ0v) is 12.5. The van der Waals surface area contributed by atoms with Crippen molar-refractivity contribution in [2.45, 2.75) is 11.8 Å². The number of Topliss-reactive ketones (excluding diaryl/α,β-unsaturated/α-hetero) is 1. The van der Waals surface area contributed by atoms with Gasteiger partial charge in [-0.25, -0.2) is 4.79 Å². The van der Waals surface area contributed by atoms with E-state index >= 15 is 0 Å². The minimum absolute atomic E-state index is 0.0763. The van der Waals surface area contributed by atoms with Crippen molar-refractivity contribution in [1.29, 1.82) is 0 Å². The molecule has 0 N–H and O–H groups in total. The number of ether oxygens (including phenoxy) is 1. The Hall–Kier alpha value is -0.680. The van der Waals surface area contributed by atoms with Gasteiger partial charge in [-0.05, 0) is 17.2 Å². The number of carbonyl (C=O) groups is 2. The van der Waals surface area contributed by atoms with Crippen LogP contribution in [0.25, 0.3) is 0 Å². The molecule has 1 aromatic rings. The first-order valence-electron chi connectivity index (χ1n) is 4.96. The van der Waals surface area contributed by atoms with Crippen LogP contribution in [0.1, 0.15) is 21.5 Å². The van der Waals surface area contributed by atoms with Gasteiger partial charge in [-0.1, -0.05) is 44.0 Å². The van der Waals surface area contributed by atoms with E-state index in [2.05, 4.69) is 31.9 Å². The summed E-state index contributed by atoms with van der Waals surface area (Å²) >= 11 is 6.43. The molecular weight excluding hydrogens is 352 g/mol. The number of benzene rings is 1. The van der Waals surface area contributed by atoms with Gasteiger partial charge < -0.3 is 4.74 Å². The van der Waals surface area contributed by atoms with Gasteiger partial charge in [0.15, 0.2) is 0 Å². The molecule has 0 aromatic heterocycles. The van der Waals surface area contributed by atoms with Gasteiger partial charge in [0.25, 0.3) is 0 Å². The highest BCUT2D eigenvalue weighted by atomic mass is 79.9. The number of ketones is 1. The molecule has 1 aromatic carbocycles. The summed E-state index contributed by atoms with van der Waals surface area (Å²) in [6.07, 6.45) is 0.317. The van der Waals surface area contributed by atoms with Crippen LogP contribution in [0, 0.1) is 0 Å². The fourth-order valence-corrected chi connectivity index (χ4v) is 2.11. The highest BCUT2D eigenvalue weighted by molar-refractivity contribution is 9.09. The van der Waals surface area contributed by atoms with Crippen LogP contribution in [0.15, 0.2) is 18.2 Å². The van der Waals surface area contributed by atoms with E-state index in [0.717, 1.165) is 11.1 Å². The number of esters is 1. The van der Waals surface area contributed by atoms with Gasteiger partial charge in [-0.2, -0.15) is 0 Å². The van der Waals surface area contributed by atoms with Crippen molar-refractivity contribution >= 4 is 43.6 Å². The Labute approximate surface area is 117 Å². The smallest absolute Gasteiger partial charge is 0.338 e. The summed E-state index contributed by atoms with van der Waals surface area (Å²) in [5.74, 6) is -0.306. The Morgan fingerprint density at radius 3 is 2.53 bits per heavy atom. The van der Waals surface area contributed by atoms with Crippen molar-refractivity contribution in [1.82, 2.24) is 0 Å². The summed E-state index contributed by atoms with van der Waals surface area (Å²) in [4.78, 5) is 22.9. The molecule has 0 saturated heterocycles. The first-order valence-corrected chi connectivity index (χ1v) is 7.20. The van der Waals surface area contributed by atoms with Crippen molar-refractivity contribution in [3.05, 3.63) is 34.9 Å². The maximum atomic E-state index is 11.6. The maximum Gasteiger partial charge on any atom is 0.338 e. The topological polar surface area (TPSA) is 43.4 Å². The molecule has 0 aliphatic carbocycles. The second kappa shape index (κ2) is 6.91. The molecule has 1 rings (SSSR count). The molecule has 0 saturated carbocycles. The fourth-order valence-electron chi connectivity index (χ4n) is 1.42. The summed E-state index contributed by atoms with van der Waals surface area (Å²) in [5, 5.41) is 0.894. The van der Waals surface area contributed by atoms with Crippen LogP contribution < -0.4 is 0 Å². The highest BCUT2D eigenvalue weighted by Crippen LogP contribution is 2.17. The van der Waals surface area contributed by atoms with Gasteiger partial charge in [0, 0.05) is 11.8 Å². The molecule has 0 aliphatic rings. The van der Waals surface area contributed by atoms with E-state index < -0.39 is 0 Å². The molecule has 0 bridgehead atoms. The average Bonchev–Trinajstić information content (AvgIpc) is 2.37. The summed E-state index contributed by atoms with van der Waals surface area (Å²) in [6.45, 7) is 0. The van der Waals surface area contributed by atoms with E-state index in [1.165, 1.54) is 7.11 Å². The van der Waals surface area contributed by atoms with Crippen LogP contribution in [0.3, 0.4) is 0 Å². The molecule has 3 nitrogen and oxygen atoms in total. The van der Waals surface area contributed by atoms with Crippen molar-refractivity contribution in [3.8, 4) is 0 Å². The second-order valence-corrected chi connectivity index (χ2v) is 4.59. The fraction of sp³-hybridized carbons (Fsp3) is 0.333. The van der Waals surface area contributed by atoms with Gasteiger partial charge in [0.2, 0.25) is 0 Å². The van der Waals surface area contributed by atoms with Crippen LogP contribution in [0.4, 0.5) is 0 Å². The molecule has 17 heavy (non-hydrogen) atoms. The Morgan fingerprint density at radius 2 is 2.00 bits per heavy atom. The van der Waals surface area contributed by atoms with Crippen molar-refractivity contribution in [3.63, 3.8) is 0 Å². The van der Waals surface area contributed by atoms with E-state index in [-0.39, 0.29) is 11.8 Å². The van der Waals surface area contributed by atoms with Crippen LogP contribution in [-0.4, -0.2) is 24.2 Å². The van der Waals surface area contributed by atoms with E-state index in [1.807, 2.05) is 12.1 Å². The first kappa shape index (κ1) is 14.4. The van der Waals surface area contributed by atoms with E-state index in [4.69, 9.17) is 4.74 Å². The molecule has 0 heterocycles. The molecule has 0 amide bonds. The lowest BCUT2D eigenvalue weighted by Gasteiger charge is -2.07. The molecule has 0 unspecified atom stereocenters. The molecule has 92 valence electrons. The predicted octanol–water partition coefficient (Wildman–Crippen LogP) is 2.87. The lowest BCUT2D eigenvalue weighted by Crippen LogP contribution is -2.08. The Balaban J connectivity index is 3.04. The van der Waals surface area contributed by atoms with E-state index in [1.54, 1.807) is 6.07 Å². The summed E-state index contributed by atoms with van der Waals surface area (Å²) in [7, 11) is 1.34. The third-order valence-corrected chi connectivity index (χ3v) is 3.50. The minimum Gasteiger partial charge on any atom is -0.465 e. The number of halogens is 2. The van der Waals surface area contributed by atoms with Gasteiger partial charge in [-0.15, -0.1) is 0 Å². The van der Waals surface area contributed by atoms with E-state index in [0.29, 0.717) is 22.6 Å². The van der Waals surface area contributed by atoms with Crippen LogP contribution in [-0.2, 0) is 21.3 Å². The van der Waals surface area contributed by atoms with Crippen LogP contribution in [0.2, 0.25) is 0 Å². The van der Waals surface area contributed by atoms with Crippen molar-refractivity contribution < 1.29 is 14.3 Å². The normalized spacial score (nSPS) is 10.1. The van der Waals surface area contributed by atoms with Crippen LogP contribution in [0.5, 0.6) is 0 Å². The molecular formula is C12H12Br2O3. The zero-order chi connectivity index (χ0) is 12.8. The van der Waals surface area contributed by atoms with E-state index in [9.17, 15) is 9.59 Å². The molecule has 5 heteroatoms. The Morgan fingerprint density at radius 1 is 1.29 bits per heavy atom. The highest BCUT2D eigenvalue weighted by Gasteiger charge is 2.13. The monoisotopic (exact) mass is 362 g/mol. The summed E-state index contributed by atoms with van der Waals surface area (Å²) in [5.41, 5.74) is 2.18. The quantitative estimate of drug-likeness (QED) is 0.596. The number of hydrogen-bond acceptors (Lipinski definition) is 3.